The number of rotatable bonds is 7. The third-order valence-electron chi connectivity index (χ3n) is 2.53. The van der Waals surface area contributed by atoms with Crippen LogP contribution in [0.4, 0.5) is 0 Å². The highest BCUT2D eigenvalue weighted by molar-refractivity contribution is 6.35. The standard InChI is InChI=1S/C13H15Cl2NO4/c1-2-9(6-13(18)19)16-12(17)7-20-11-4-3-8(14)5-10(11)15/h3-5,9H,2,6-7H2,1H3,(H,16,17)(H,18,19). The Labute approximate surface area is 126 Å². The Hall–Kier alpha value is -1.46. The fourth-order valence-electron chi connectivity index (χ4n) is 1.51. The lowest BCUT2D eigenvalue weighted by molar-refractivity contribution is -0.137. The molecule has 2 N–H and O–H groups in total. The number of hydrogen-bond donors (Lipinski definition) is 2. The molecule has 1 unspecified atom stereocenters. The normalized spacial score (nSPS) is 11.8. The number of amides is 1. The van der Waals surface area contributed by atoms with Gasteiger partial charge in [-0.15, -0.1) is 0 Å². The van der Waals surface area contributed by atoms with E-state index < -0.39 is 17.9 Å². The van der Waals surface area contributed by atoms with Gasteiger partial charge in [0.05, 0.1) is 11.4 Å². The van der Waals surface area contributed by atoms with Gasteiger partial charge in [-0.1, -0.05) is 30.1 Å². The van der Waals surface area contributed by atoms with Gasteiger partial charge < -0.3 is 15.2 Å². The van der Waals surface area contributed by atoms with Crippen LogP contribution in [-0.4, -0.2) is 29.6 Å². The van der Waals surface area contributed by atoms with Crippen molar-refractivity contribution < 1.29 is 19.4 Å². The molecule has 0 aliphatic carbocycles. The van der Waals surface area contributed by atoms with Gasteiger partial charge in [0, 0.05) is 11.1 Å². The van der Waals surface area contributed by atoms with Crippen molar-refractivity contribution in [2.24, 2.45) is 0 Å². The van der Waals surface area contributed by atoms with Gasteiger partial charge in [-0.3, -0.25) is 9.59 Å². The first-order valence-electron chi connectivity index (χ1n) is 6.01. The molecule has 1 rings (SSSR count). The molecule has 0 radical (unpaired) electrons. The van der Waals surface area contributed by atoms with E-state index in [9.17, 15) is 9.59 Å². The Morgan fingerprint density at radius 3 is 2.65 bits per heavy atom. The maximum atomic E-state index is 11.6. The second kappa shape index (κ2) is 7.97. The van der Waals surface area contributed by atoms with Crippen molar-refractivity contribution in [3.05, 3.63) is 28.2 Å². The van der Waals surface area contributed by atoms with Crippen LogP contribution in [0.3, 0.4) is 0 Å². The predicted octanol–water partition coefficient (Wildman–Crippen LogP) is 2.74. The largest absolute Gasteiger partial charge is 0.482 e. The Kier molecular flexibility index (Phi) is 6.61. The summed E-state index contributed by atoms with van der Waals surface area (Å²) in [5.41, 5.74) is 0. The molecule has 20 heavy (non-hydrogen) atoms. The van der Waals surface area contributed by atoms with E-state index in [-0.39, 0.29) is 13.0 Å². The predicted molar refractivity (Wildman–Crippen MR) is 76.4 cm³/mol. The smallest absolute Gasteiger partial charge is 0.305 e. The minimum Gasteiger partial charge on any atom is -0.482 e. The summed E-state index contributed by atoms with van der Waals surface area (Å²) in [4.78, 5) is 22.2. The minimum absolute atomic E-state index is 0.121. The fourth-order valence-corrected chi connectivity index (χ4v) is 1.98. The van der Waals surface area contributed by atoms with E-state index in [1.807, 2.05) is 0 Å². The third-order valence-corrected chi connectivity index (χ3v) is 3.06. The third kappa shape index (κ3) is 5.67. The molecule has 0 fully saturated rings. The van der Waals surface area contributed by atoms with Crippen molar-refractivity contribution in [2.75, 3.05) is 6.61 Å². The summed E-state index contributed by atoms with van der Waals surface area (Å²) < 4.78 is 5.25. The first-order valence-corrected chi connectivity index (χ1v) is 6.77. The molecule has 0 aromatic heterocycles. The first-order chi connectivity index (χ1) is 9.42. The summed E-state index contributed by atoms with van der Waals surface area (Å²) in [6.45, 7) is 1.56. The maximum absolute atomic E-state index is 11.6. The van der Waals surface area contributed by atoms with Crippen LogP contribution in [0, 0.1) is 0 Å². The van der Waals surface area contributed by atoms with Crippen molar-refractivity contribution in [3.63, 3.8) is 0 Å². The van der Waals surface area contributed by atoms with Crippen LogP contribution in [0.5, 0.6) is 5.75 Å². The average molecular weight is 320 g/mol. The second-order valence-corrected chi connectivity index (χ2v) is 4.98. The SMILES string of the molecule is CCC(CC(=O)O)NC(=O)COc1ccc(Cl)cc1Cl. The van der Waals surface area contributed by atoms with Gasteiger partial charge in [-0.05, 0) is 24.6 Å². The monoisotopic (exact) mass is 319 g/mol. The summed E-state index contributed by atoms with van der Waals surface area (Å²) >= 11 is 11.6. The molecule has 7 heteroatoms. The van der Waals surface area contributed by atoms with Crippen molar-refractivity contribution >= 4 is 35.1 Å². The molecule has 0 aliphatic heterocycles. The van der Waals surface area contributed by atoms with Crippen molar-refractivity contribution in [2.45, 2.75) is 25.8 Å². The molecule has 0 aliphatic rings. The van der Waals surface area contributed by atoms with E-state index in [1.54, 1.807) is 19.1 Å². The van der Waals surface area contributed by atoms with Gasteiger partial charge in [0.25, 0.3) is 5.91 Å². The molecule has 5 nitrogen and oxygen atoms in total. The Morgan fingerprint density at radius 1 is 1.40 bits per heavy atom. The van der Waals surface area contributed by atoms with E-state index in [4.69, 9.17) is 33.0 Å². The zero-order valence-corrected chi connectivity index (χ0v) is 12.4. The Balaban J connectivity index is 2.48. The highest BCUT2D eigenvalue weighted by Crippen LogP contribution is 2.27. The highest BCUT2D eigenvalue weighted by Gasteiger charge is 2.14. The minimum atomic E-state index is -0.959. The number of carbonyl (C=O) groups is 2. The summed E-state index contributed by atoms with van der Waals surface area (Å²) in [6, 6.07) is 4.26. The van der Waals surface area contributed by atoms with E-state index in [0.29, 0.717) is 22.2 Å². The van der Waals surface area contributed by atoms with E-state index in [0.717, 1.165) is 0 Å². The number of carbonyl (C=O) groups excluding carboxylic acids is 1. The number of aliphatic carboxylic acids is 1. The van der Waals surface area contributed by atoms with Crippen molar-refractivity contribution in [1.29, 1.82) is 0 Å². The van der Waals surface area contributed by atoms with Crippen molar-refractivity contribution in [3.8, 4) is 5.75 Å². The van der Waals surface area contributed by atoms with Crippen LogP contribution in [0.25, 0.3) is 0 Å². The van der Waals surface area contributed by atoms with Gasteiger partial charge in [-0.2, -0.15) is 0 Å². The molecule has 0 saturated carbocycles. The lowest BCUT2D eigenvalue weighted by atomic mass is 10.1. The van der Waals surface area contributed by atoms with Gasteiger partial charge in [0.2, 0.25) is 0 Å². The summed E-state index contributed by atoms with van der Waals surface area (Å²) in [5.74, 6) is -1.01. The summed E-state index contributed by atoms with van der Waals surface area (Å²) in [5, 5.41) is 12.1. The van der Waals surface area contributed by atoms with E-state index >= 15 is 0 Å². The van der Waals surface area contributed by atoms with Crippen LogP contribution in [0.1, 0.15) is 19.8 Å². The Morgan fingerprint density at radius 2 is 2.10 bits per heavy atom. The highest BCUT2D eigenvalue weighted by atomic mass is 35.5. The molecular weight excluding hydrogens is 305 g/mol. The second-order valence-electron chi connectivity index (χ2n) is 4.13. The molecule has 1 atom stereocenters. The van der Waals surface area contributed by atoms with Crippen molar-refractivity contribution in [1.82, 2.24) is 5.32 Å². The topological polar surface area (TPSA) is 75.6 Å². The van der Waals surface area contributed by atoms with Crippen LogP contribution >= 0.6 is 23.2 Å². The lowest BCUT2D eigenvalue weighted by Crippen LogP contribution is -2.38. The average Bonchev–Trinajstić information content (AvgIpc) is 2.36. The number of halogens is 2. The zero-order valence-electron chi connectivity index (χ0n) is 10.9. The number of nitrogens with one attached hydrogen (secondary N) is 1. The van der Waals surface area contributed by atoms with Crippen LogP contribution in [0.2, 0.25) is 10.0 Å². The summed E-state index contributed by atoms with van der Waals surface area (Å²) in [7, 11) is 0. The molecule has 0 bridgehead atoms. The Bertz CT molecular complexity index is 493. The molecule has 1 aromatic carbocycles. The first kappa shape index (κ1) is 16.6. The lowest BCUT2D eigenvalue weighted by Gasteiger charge is -2.15. The number of carboxylic acids is 1. The number of ether oxygens (including phenoxy) is 1. The molecular formula is C13H15Cl2NO4. The fraction of sp³-hybridized carbons (Fsp3) is 0.385. The molecule has 0 spiro atoms. The maximum Gasteiger partial charge on any atom is 0.305 e. The van der Waals surface area contributed by atoms with Gasteiger partial charge in [-0.25, -0.2) is 0 Å². The van der Waals surface area contributed by atoms with E-state index in [1.165, 1.54) is 6.07 Å². The number of benzene rings is 1. The summed E-state index contributed by atoms with van der Waals surface area (Å²) in [6.07, 6.45) is 0.406. The molecule has 110 valence electrons. The van der Waals surface area contributed by atoms with Gasteiger partial charge in [0.15, 0.2) is 6.61 Å². The molecule has 0 saturated heterocycles. The zero-order chi connectivity index (χ0) is 15.1. The molecule has 0 heterocycles. The van der Waals surface area contributed by atoms with Gasteiger partial charge >= 0.3 is 5.97 Å². The quantitative estimate of drug-likeness (QED) is 0.810. The number of carboxylic acid groups (broad SMARTS) is 1. The van der Waals surface area contributed by atoms with Crippen LogP contribution < -0.4 is 10.1 Å². The molecule has 1 amide bonds. The molecule has 1 aromatic rings. The van der Waals surface area contributed by atoms with Gasteiger partial charge in [0.1, 0.15) is 5.75 Å². The number of hydrogen-bond acceptors (Lipinski definition) is 3. The van der Waals surface area contributed by atoms with Crippen LogP contribution in [0.15, 0.2) is 18.2 Å². The van der Waals surface area contributed by atoms with Crippen LogP contribution in [-0.2, 0) is 9.59 Å². The van der Waals surface area contributed by atoms with E-state index in [2.05, 4.69) is 5.32 Å².